The summed E-state index contributed by atoms with van der Waals surface area (Å²) in [6.07, 6.45) is 3.59. The minimum Gasteiger partial charge on any atom is -0.382 e. The van der Waals surface area contributed by atoms with Crippen LogP contribution in [0.5, 0.6) is 0 Å². The minimum absolute atomic E-state index is 0.257. The normalized spacial score (nSPS) is 23.9. The monoisotopic (exact) mass is 260 g/mol. The zero-order valence-corrected chi connectivity index (χ0v) is 12.8. The highest BCUT2D eigenvalue weighted by molar-refractivity contribution is 5.46. The predicted octanol–water partition coefficient (Wildman–Crippen LogP) is 4.14. The maximum atomic E-state index is 3.68. The van der Waals surface area contributed by atoms with Gasteiger partial charge in [-0.2, -0.15) is 0 Å². The zero-order valence-electron chi connectivity index (χ0n) is 12.8. The van der Waals surface area contributed by atoms with Crippen LogP contribution in [0, 0.1) is 0 Å². The molecule has 2 rings (SSSR count). The molecule has 1 heterocycles. The van der Waals surface area contributed by atoms with Gasteiger partial charge in [0.2, 0.25) is 0 Å². The van der Waals surface area contributed by atoms with Crippen LogP contribution in [0.25, 0.3) is 0 Å². The van der Waals surface area contributed by atoms with Crippen molar-refractivity contribution in [1.29, 1.82) is 0 Å². The molecule has 2 atom stereocenters. The summed E-state index contributed by atoms with van der Waals surface area (Å²) in [4.78, 5) is 0. The minimum atomic E-state index is 0.257. The van der Waals surface area contributed by atoms with Crippen LogP contribution in [0.3, 0.4) is 0 Å². The average molecular weight is 260 g/mol. The van der Waals surface area contributed by atoms with Gasteiger partial charge in [0.15, 0.2) is 0 Å². The molecule has 106 valence electrons. The van der Waals surface area contributed by atoms with Crippen molar-refractivity contribution in [1.82, 2.24) is 5.32 Å². The first-order valence-corrected chi connectivity index (χ1v) is 7.62. The molecule has 1 aliphatic heterocycles. The highest BCUT2D eigenvalue weighted by atomic mass is 15.0. The molecule has 1 aromatic rings. The van der Waals surface area contributed by atoms with Gasteiger partial charge in [0, 0.05) is 17.3 Å². The number of piperidine rings is 1. The van der Waals surface area contributed by atoms with E-state index in [1.165, 1.54) is 30.5 Å². The van der Waals surface area contributed by atoms with Gasteiger partial charge < -0.3 is 10.6 Å². The van der Waals surface area contributed by atoms with Crippen LogP contribution >= 0.6 is 0 Å². The van der Waals surface area contributed by atoms with Crippen LogP contribution < -0.4 is 10.6 Å². The lowest BCUT2D eigenvalue weighted by Gasteiger charge is -2.37. The molecular formula is C17H28N2. The SMILES string of the molecule is CCC(C)c1ccc(NC2CCNC(C)(C)C2)cc1. The highest BCUT2D eigenvalue weighted by Gasteiger charge is 2.27. The standard InChI is InChI=1S/C17H28N2/c1-5-13(2)14-6-8-15(9-7-14)19-16-10-11-18-17(3,4)12-16/h6-9,13,16,18-19H,5,10-12H2,1-4H3. The van der Waals surface area contributed by atoms with Gasteiger partial charge in [-0.3, -0.25) is 0 Å². The molecule has 2 heteroatoms. The summed E-state index contributed by atoms with van der Waals surface area (Å²) in [6, 6.07) is 9.59. The van der Waals surface area contributed by atoms with E-state index in [9.17, 15) is 0 Å². The van der Waals surface area contributed by atoms with Crippen molar-refractivity contribution < 1.29 is 0 Å². The smallest absolute Gasteiger partial charge is 0.0342 e. The van der Waals surface area contributed by atoms with Gasteiger partial charge in [-0.25, -0.2) is 0 Å². The Morgan fingerprint density at radius 3 is 2.58 bits per heavy atom. The van der Waals surface area contributed by atoms with Crippen LogP contribution in [0.4, 0.5) is 5.69 Å². The molecule has 1 aliphatic rings. The van der Waals surface area contributed by atoms with E-state index >= 15 is 0 Å². The number of rotatable bonds is 4. The van der Waals surface area contributed by atoms with Gasteiger partial charge in [-0.05, 0) is 63.3 Å². The third-order valence-corrected chi connectivity index (χ3v) is 4.32. The van der Waals surface area contributed by atoms with Gasteiger partial charge in [0.1, 0.15) is 0 Å². The molecule has 2 nitrogen and oxygen atoms in total. The summed E-state index contributed by atoms with van der Waals surface area (Å²) in [5.74, 6) is 0.659. The lowest BCUT2D eigenvalue weighted by Crippen LogP contribution is -2.49. The lowest BCUT2D eigenvalue weighted by atomic mass is 9.89. The summed E-state index contributed by atoms with van der Waals surface area (Å²) in [5, 5.41) is 7.25. The predicted molar refractivity (Wildman–Crippen MR) is 83.9 cm³/mol. The van der Waals surface area contributed by atoms with Crippen LogP contribution in [0.15, 0.2) is 24.3 Å². The molecule has 2 unspecified atom stereocenters. The maximum Gasteiger partial charge on any atom is 0.0342 e. The number of benzene rings is 1. The molecule has 0 saturated carbocycles. The largest absolute Gasteiger partial charge is 0.382 e. The van der Waals surface area contributed by atoms with Crippen molar-refractivity contribution in [2.45, 2.75) is 64.5 Å². The van der Waals surface area contributed by atoms with Gasteiger partial charge in [0.25, 0.3) is 0 Å². The van der Waals surface area contributed by atoms with E-state index in [1.807, 2.05) is 0 Å². The van der Waals surface area contributed by atoms with E-state index in [4.69, 9.17) is 0 Å². The summed E-state index contributed by atoms with van der Waals surface area (Å²) < 4.78 is 0. The fourth-order valence-corrected chi connectivity index (χ4v) is 2.88. The molecule has 2 N–H and O–H groups in total. The third-order valence-electron chi connectivity index (χ3n) is 4.32. The molecule has 0 amide bonds. The summed E-state index contributed by atoms with van der Waals surface area (Å²) >= 11 is 0. The first kappa shape index (κ1) is 14.4. The topological polar surface area (TPSA) is 24.1 Å². The van der Waals surface area contributed by atoms with Gasteiger partial charge in [-0.15, -0.1) is 0 Å². The van der Waals surface area contributed by atoms with Crippen molar-refractivity contribution in [3.05, 3.63) is 29.8 Å². The number of nitrogens with one attached hydrogen (secondary N) is 2. The van der Waals surface area contributed by atoms with Gasteiger partial charge >= 0.3 is 0 Å². The second-order valence-electron chi connectivity index (χ2n) is 6.58. The van der Waals surface area contributed by atoms with E-state index in [0.717, 1.165) is 6.54 Å². The summed E-state index contributed by atoms with van der Waals surface area (Å²) in [6.45, 7) is 10.2. The molecule has 19 heavy (non-hydrogen) atoms. The Morgan fingerprint density at radius 1 is 1.32 bits per heavy atom. The van der Waals surface area contributed by atoms with Crippen molar-refractivity contribution >= 4 is 5.69 Å². The average Bonchev–Trinajstić information content (AvgIpc) is 2.37. The molecule has 1 fully saturated rings. The Balaban J connectivity index is 1.96. The van der Waals surface area contributed by atoms with Crippen molar-refractivity contribution in [3.8, 4) is 0 Å². The van der Waals surface area contributed by atoms with Crippen LogP contribution in [0.2, 0.25) is 0 Å². The van der Waals surface area contributed by atoms with Crippen LogP contribution in [-0.4, -0.2) is 18.1 Å². The van der Waals surface area contributed by atoms with Gasteiger partial charge in [-0.1, -0.05) is 26.0 Å². The Labute approximate surface area is 118 Å². The van der Waals surface area contributed by atoms with Crippen molar-refractivity contribution in [2.75, 3.05) is 11.9 Å². The summed E-state index contributed by atoms with van der Waals surface area (Å²) in [5.41, 5.74) is 2.96. The van der Waals surface area contributed by atoms with Crippen molar-refractivity contribution in [2.24, 2.45) is 0 Å². The fourth-order valence-electron chi connectivity index (χ4n) is 2.88. The molecule has 1 aromatic carbocycles. The molecule has 0 bridgehead atoms. The molecule has 0 aromatic heterocycles. The Bertz CT molecular complexity index is 394. The number of hydrogen-bond acceptors (Lipinski definition) is 2. The second-order valence-corrected chi connectivity index (χ2v) is 6.58. The number of anilines is 1. The zero-order chi connectivity index (χ0) is 13.9. The quantitative estimate of drug-likeness (QED) is 0.850. The third kappa shape index (κ3) is 3.97. The lowest BCUT2D eigenvalue weighted by molar-refractivity contribution is 0.286. The van der Waals surface area contributed by atoms with E-state index < -0.39 is 0 Å². The Kier molecular flexibility index (Phi) is 4.51. The Hall–Kier alpha value is -1.02. The maximum absolute atomic E-state index is 3.68. The van der Waals surface area contributed by atoms with Crippen LogP contribution in [0.1, 0.15) is 58.4 Å². The summed E-state index contributed by atoms with van der Waals surface area (Å²) in [7, 11) is 0. The molecule has 0 radical (unpaired) electrons. The van der Waals surface area contributed by atoms with Gasteiger partial charge in [0.05, 0.1) is 0 Å². The highest BCUT2D eigenvalue weighted by Crippen LogP contribution is 2.24. The first-order chi connectivity index (χ1) is 9.00. The van der Waals surface area contributed by atoms with E-state index in [0.29, 0.717) is 12.0 Å². The molecule has 0 spiro atoms. The Morgan fingerprint density at radius 2 is 2.00 bits per heavy atom. The molecule has 0 aliphatic carbocycles. The molecular weight excluding hydrogens is 232 g/mol. The first-order valence-electron chi connectivity index (χ1n) is 7.62. The van der Waals surface area contributed by atoms with Crippen molar-refractivity contribution in [3.63, 3.8) is 0 Å². The van der Waals surface area contributed by atoms with E-state index in [-0.39, 0.29) is 5.54 Å². The number of hydrogen-bond donors (Lipinski definition) is 2. The molecule has 1 saturated heterocycles. The van der Waals surface area contributed by atoms with Crippen LogP contribution in [-0.2, 0) is 0 Å². The second kappa shape index (κ2) is 5.96. The van der Waals surface area contributed by atoms with E-state index in [1.54, 1.807) is 0 Å². The fraction of sp³-hybridized carbons (Fsp3) is 0.647. The van der Waals surface area contributed by atoms with E-state index in [2.05, 4.69) is 62.6 Å².